The van der Waals surface area contributed by atoms with E-state index in [2.05, 4.69) is 15.6 Å². The Labute approximate surface area is 139 Å². The summed E-state index contributed by atoms with van der Waals surface area (Å²) < 4.78 is 8.03. The predicted molar refractivity (Wildman–Crippen MR) is 93.3 cm³/mol. The van der Waals surface area contributed by atoms with Crippen molar-refractivity contribution in [1.29, 1.82) is 0 Å². The normalized spacial score (nSPS) is 11.3. The van der Waals surface area contributed by atoms with Crippen LogP contribution >= 0.6 is 11.6 Å². The van der Waals surface area contributed by atoms with Crippen LogP contribution in [0.5, 0.6) is 0 Å². The maximum Gasteiger partial charge on any atom is 0.228 e. The van der Waals surface area contributed by atoms with Gasteiger partial charge in [0.25, 0.3) is 0 Å². The van der Waals surface area contributed by atoms with E-state index in [4.69, 9.17) is 16.0 Å². The molecular weight excluding hydrogens is 308 g/mol. The lowest BCUT2D eigenvalue weighted by Crippen LogP contribution is -1.90. The summed E-state index contributed by atoms with van der Waals surface area (Å²) in [5.41, 5.74) is 5.67. The highest BCUT2D eigenvalue weighted by atomic mass is 35.5. The van der Waals surface area contributed by atoms with Gasteiger partial charge in [0.2, 0.25) is 5.89 Å². The molecule has 2 heterocycles. The van der Waals surface area contributed by atoms with Crippen molar-refractivity contribution in [3.8, 4) is 17.1 Å². The van der Waals surface area contributed by atoms with Gasteiger partial charge in [-0.05, 0) is 61.4 Å². The smallest absolute Gasteiger partial charge is 0.228 e. The fraction of sp³-hybridized carbons (Fsp3) is 0.105. The molecule has 0 bridgehead atoms. The van der Waals surface area contributed by atoms with Crippen molar-refractivity contribution in [1.82, 2.24) is 9.55 Å². The maximum absolute atomic E-state index is 6.34. The first-order chi connectivity index (χ1) is 11.1. The lowest BCUT2D eigenvalue weighted by Gasteiger charge is -2.03. The highest BCUT2D eigenvalue weighted by Crippen LogP contribution is 2.32. The number of nitrogens with zero attached hydrogens (tertiary/aromatic N) is 2. The van der Waals surface area contributed by atoms with Crippen LogP contribution < -0.4 is 0 Å². The van der Waals surface area contributed by atoms with Gasteiger partial charge in [-0.3, -0.25) is 0 Å². The van der Waals surface area contributed by atoms with Crippen LogP contribution in [0.2, 0.25) is 5.02 Å². The molecule has 0 unspecified atom stereocenters. The lowest BCUT2D eigenvalue weighted by molar-refractivity contribution is 0.617. The second kappa shape index (κ2) is 5.28. The molecule has 2 aromatic heterocycles. The number of aryl methyl sites for hydroxylation is 2. The molecule has 0 fully saturated rings. The van der Waals surface area contributed by atoms with Gasteiger partial charge < -0.3 is 8.98 Å². The molecule has 0 N–H and O–H groups in total. The fourth-order valence-electron chi connectivity index (χ4n) is 2.75. The van der Waals surface area contributed by atoms with E-state index in [1.165, 1.54) is 0 Å². The van der Waals surface area contributed by atoms with Crippen molar-refractivity contribution in [3.63, 3.8) is 0 Å². The van der Waals surface area contributed by atoms with Crippen LogP contribution in [0.1, 0.15) is 11.1 Å². The van der Waals surface area contributed by atoms with Gasteiger partial charge in [-0.15, -0.1) is 0 Å². The predicted octanol–water partition coefficient (Wildman–Crippen LogP) is 5.56. The van der Waals surface area contributed by atoms with Gasteiger partial charge in [0, 0.05) is 18.1 Å². The summed E-state index contributed by atoms with van der Waals surface area (Å²) in [5.74, 6) is 0.553. The zero-order chi connectivity index (χ0) is 16.0. The SMILES string of the molecule is Cc1ccc(-c2nc3cc(-n4cccc4)cc(C)c3o2)c(Cl)c1. The number of rotatable bonds is 2. The fourth-order valence-corrected chi connectivity index (χ4v) is 3.06. The van der Waals surface area contributed by atoms with E-state index in [1.807, 2.05) is 62.6 Å². The Morgan fingerprint density at radius 1 is 1.04 bits per heavy atom. The molecule has 0 aliphatic rings. The minimum atomic E-state index is 0.553. The molecule has 3 nitrogen and oxygen atoms in total. The van der Waals surface area contributed by atoms with Gasteiger partial charge in [-0.1, -0.05) is 17.7 Å². The number of oxazole rings is 1. The molecule has 23 heavy (non-hydrogen) atoms. The van der Waals surface area contributed by atoms with Gasteiger partial charge in [-0.25, -0.2) is 4.98 Å². The van der Waals surface area contributed by atoms with E-state index >= 15 is 0 Å². The monoisotopic (exact) mass is 322 g/mol. The summed E-state index contributed by atoms with van der Waals surface area (Å²) in [6.45, 7) is 4.04. The molecule has 0 saturated heterocycles. The number of hydrogen-bond acceptors (Lipinski definition) is 2. The van der Waals surface area contributed by atoms with Gasteiger partial charge >= 0.3 is 0 Å². The van der Waals surface area contributed by atoms with Gasteiger partial charge in [0.15, 0.2) is 5.58 Å². The molecule has 0 amide bonds. The van der Waals surface area contributed by atoms with Crippen LogP contribution in [-0.4, -0.2) is 9.55 Å². The Morgan fingerprint density at radius 3 is 2.57 bits per heavy atom. The second-order valence-corrected chi connectivity index (χ2v) is 6.11. The first-order valence-corrected chi connectivity index (χ1v) is 7.81. The summed E-state index contributed by atoms with van der Waals surface area (Å²) in [4.78, 5) is 4.64. The zero-order valence-electron chi connectivity index (χ0n) is 12.9. The molecular formula is C19H15ClN2O. The summed E-state index contributed by atoms with van der Waals surface area (Å²) in [6.07, 6.45) is 4.02. The first-order valence-electron chi connectivity index (χ1n) is 7.43. The van der Waals surface area contributed by atoms with Crippen LogP contribution in [0.3, 0.4) is 0 Å². The van der Waals surface area contributed by atoms with Gasteiger partial charge in [-0.2, -0.15) is 0 Å². The first kappa shape index (κ1) is 14.1. The van der Waals surface area contributed by atoms with Crippen molar-refractivity contribution >= 4 is 22.7 Å². The molecule has 4 rings (SSSR count). The second-order valence-electron chi connectivity index (χ2n) is 5.70. The third-order valence-corrected chi connectivity index (χ3v) is 4.23. The number of hydrogen-bond donors (Lipinski definition) is 0. The Hall–Kier alpha value is -2.52. The summed E-state index contributed by atoms with van der Waals surface area (Å²) in [5, 5.41) is 0.653. The Kier molecular flexibility index (Phi) is 3.24. The lowest BCUT2D eigenvalue weighted by atomic mass is 10.1. The summed E-state index contributed by atoms with van der Waals surface area (Å²) in [7, 11) is 0. The average molecular weight is 323 g/mol. The molecule has 0 atom stereocenters. The summed E-state index contributed by atoms with van der Waals surface area (Å²) >= 11 is 6.34. The highest BCUT2D eigenvalue weighted by Gasteiger charge is 2.14. The van der Waals surface area contributed by atoms with Crippen molar-refractivity contribution in [2.45, 2.75) is 13.8 Å². The molecule has 4 aromatic rings. The number of fused-ring (bicyclic) bond motifs is 1. The third kappa shape index (κ3) is 2.43. The van der Waals surface area contributed by atoms with Crippen molar-refractivity contribution < 1.29 is 4.42 Å². The molecule has 0 aliphatic heterocycles. The highest BCUT2D eigenvalue weighted by molar-refractivity contribution is 6.33. The molecule has 0 aliphatic carbocycles. The molecule has 4 heteroatoms. The van der Waals surface area contributed by atoms with E-state index in [1.54, 1.807) is 0 Å². The topological polar surface area (TPSA) is 31.0 Å². The molecule has 2 aromatic carbocycles. The zero-order valence-corrected chi connectivity index (χ0v) is 13.6. The van der Waals surface area contributed by atoms with E-state index in [0.717, 1.165) is 33.5 Å². The van der Waals surface area contributed by atoms with Crippen molar-refractivity contribution in [2.75, 3.05) is 0 Å². The Morgan fingerprint density at radius 2 is 1.83 bits per heavy atom. The van der Waals surface area contributed by atoms with E-state index in [-0.39, 0.29) is 0 Å². The Balaban J connectivity index is 1.89. The molecule has 0 saturated carbocycles. The maximum atomic E-state index is 6.34. The number of benzene rings is 2. The minimum Gasteiger partial charge on any atom is -0.436 e. The quantitative estimate of drug-likeness (QED) is 0.484. The van der Waals surface area contributed by atoms with Gasteiger partial charge in [0.1, 0.15) is 5.52 Å². The molecule has 0 spiro atoms. The van der Waals surface area contributed by atoms with E-state index in [9.17, 15) is 0 Å². The summed E-state index contributed by atoms with van der Waals surface area (Å²) in [6, 6.07) is 14.0. The van der Waals surface area contributed by atoms with Crippen LogP contribution in [-0.2, 0) is 0 Å². The van der Waals surface area contributed by atoms with Crippen LogP contribution in [0.25, 0.3) is 28.2 Å². The minimum absolute atomic E-state index is 0.553. The van der Waals surface area contributed by atoms with Crippen LogP contribution in [0.15, 0.2) is 59.3 Å². The van der Waals surface area contributed by atoms with E-state index < -0.39 is 0 Å². The molecule has 0 radical (unpaired) electrons. The number of halogens is 1. The van der Waals surface area contributed by atoms with E-state index in [0.29, 0.717) is 10.9 Å². The van der Waals surface area contributed by atoms with Crippen molar-refractivity contribution in [2.24, 2.45) is 0 Å². The third-order valence-electron chi connectivity index (χ3n) is 3.92. The molecule has 114 valence electrons. The average Bonchev–Trinajstić information content (AvgIpc) is 3.16. The standard InChI is InChI=1S/C19H15ClN2O/c1-12-5-6-15(16(20)9-12)19-21-17-11-14(22-7-3-4-8-22)10-13(2)18(17)23-19/h3-11H,1-2H3. The van der Waals surface area contributed by atoms with Crippen LogP contribution in [0.4, 0.5) is 0 Å². The largest absolute Gasteiger partial charge is 0.436 e. The van der Waals surface area contributed by atoms with Crippen molar-refractivity contribution in [3.05, 3.63) is 71.0 Å². The van der Waals surface area contributed by atoms with Crippen LogP contribution in [0, 0.1) is 13.8 Å². The van der Waals surface area contributed by atoms with Gasteiger partial charge in [0.05, 0.1) is 10.6 Å². The Bertz CT molecular complexity index is 1000. The number of aromatic nitrogens is 2.